The summed E-state index contributed by atoms with van der Waals surface area (Å²) in [5.74, 6) is 1.27. The molecular formula is C32H36N4O2. The standard InChI is InChI=1S/C32H36N4O2/c1-20-7-5-6-8-25(20)29(38)26-18-33-30-28(26)31(35-19-34-30)36-24-15-9-21(10-16-24)17-27(37)22-11-13-23(14-12-22)32(2,3)4/h5-8,11-14,18-19,21,24H,9-10,15-17H2,1-4H3,(H2,33,34,35,36). The van der Waals surface area contributed by atoms with E-state index in [4.69, 9.17) is 0 Å². The number of nitrogens with one attached hydrogen (secondary N) is 2. The summed E-state index contributed by atoms with van der Waals surface area (Å²) in [6.45, 7) is 8.49. The number of hydrogen-bond acceptors (Lipinski definition) is 5. The highest BCUT2D eigenvalue weighted by molar-refractivity contribution is 6.18. The smallest absolute Gasteiger partial charge is 0.195 e. The fourth-order valence-electron chi connectivity index (χ4n) is 5.46. The van der Waals surface area contributed by atoms with Crippen LogP contribution >= 0.6 is 0 Å². The Kier molecular flexibility index (Phi) is 7.15. The summed E-state index contributed by atoms with van der Waals surface area (Å²) >= 11 is 0. The number of benzene rings is 2. The molecule has 0 unspecified atom stereocenters. The number of aromatic amines is 1. The van der Waals surface area contributed by atoms with Crippen LogP contribution in [0.25, 0.3) is 11.0 Å². The Hall–Kier alpha value is -3.80. The van der Waals surface area contributed by atoms with Gasteiger partial charge in [-0.3, -0.25) is 9.59 Å². The van der Waals surface area contributed by atoms with Gasteiger partial charge in [-0.1, -0.05) is 69.3 Å². The van der Waals surface area contributed by atoms with Gasteiger partial charge < -0.3 is 10.3 Å². The minimum Gasteiger partial charge on any atom is -0.367 e. The van der Waals surface area contributed by atoms with Gasteiger partial charge in [0.2, 0.25) is 0 Å². The van der Waals surface area contributed by atoms with E-state index in [2.05, 4.69) is 53.2 Å². The first-order valence-corrected chi connectivity index (χ1v) is 13.5. The zero-order valence-electron chi connectivity index (χ0n) is 22.7. The third kappa shape index (κ3) is 5.40. The van der Waals surface area contributed by atoms with Crippen LogP contribution in [0, 0.1) is 12.8 Å². The quantitative estimate of drug-likeness (QED) is 0.261. The van der Waals surface area contributed by atoms with Crippen molar-refractivity contribution in [3.63, 3.8) is 0 Å². The lowest BCUT2D eigenvalue weighted by atomic mass is 9.81. The van der Waals surface area contributed by atoms with Crippen LogP contribution in [-0.4, -0.2) is 32.6 Å². The van der Waals surface area contributed by atoms with Gasteiger partial charge in [-0.15, -0.1) is 0 Å². The SMILES string of the molecule is Cc1ccccc1C(=O)c1c[nH]c2ncnc(NC3CCC(CC(=O)c4ccc(C(C)(C)C)cc4)CC3)c12. The number of fused-ring (bicyclic) bond motifs is 1. The molecule has 2 N–H and O–H groups in total. The molecule has 196 valence electrons. The molecule has 4 aromatic rings. The van der Waals surface area contributed by atoms with Crippen LogP contribution in [0.5, 0.6) is 0 Å². The molecule has 0 bridgehead atoms. The highest BCUT2D eigenvalue weighted by Crippen LogP contribution is 2.32. The van der Waals surface area contributed by atoms with Crippen molar-refractivity contribution < 1.29 is 9.59 Å². The molecule has 1 saturated carbocycles. The van der Waals surface area contributed by atoms with E-state index in [1.165, 1.54) is 11.9 Å². The molecule has 0 amide bonds. The molecule has 0 radical (unpaired) electrons. The van der Waals surface area contributed by atoms with E-state index in [-0.39, 0.29) is 23.0 Å². The van der Waals surface area contributed by atoms with Crippen LogP contribution in [-0.2, 0) is 5.41 Å². The van der Waals surface area contributed by atoms with Crippen molar-refractivity contribution in [3.05, 3.63) is 88.9 Å². The molecule has 1 fully saturated rings. The summed E-state index contributed by atoms with van der Waals surface area (Å²) in [6, 6.07) is 16.0. The minimum absolute atomic E-state index is 0.0371. The number of H-pyrrole nitrogens is 1. The Balaban J connectivity index is 1.24. The lowest BCUT2D eigenvalue weighted by Gasteiger charge is -2.29. The summed E-state index contributed by atoms with van der Waals surface area (Å²) in [4.78, 5) is 38.3. The van der Waals surface area contributed by atoms with Gasteiger partial charge in [-0.2, -0.15) is 0 Å². The van der Waals surface area contributed by atoms with Crippen LogP contribution in [0.1, 0.15) is 90.3 Å². The molecule has 0 aliphatic heterocycles. The first kappa shape index (κ1) is 25.8. The lowest BCUT2D eigenvalue weighted by Crippen LogP contribution is -2.27. The third-order valence-electron chi connectivity index (χ3n) is 7.84. The van der Waals surface area contributed by atoms with Crippen molar-refractivity contribution in [1.82, 2.24) is 15.0 Å². The maximum Gasteiger partial charge on any atom is 0.195 e. The molecule has 2 aromatic heterocycles. The predicted molar refractivity (Wildman–Crippen MR) is 152 cm³/mol. The van der Waals surface area contributed by atoms with Crippen LogP contribution < -0.4 is 5.32 Å². The normalized spacial score (nSPS) is 17.9. The summed E-state index contributed by atoms with van der Waals surface area (Å²) in [6.07, 6.45) is 7.73. The molecule has 0 saturated heterocycles. The van der Waals surface area contributed by atoms with Crippen LogP contribution in [0.2, 0.25) is 0 Å². The molecule has 1 aliphatic rings. The van der Waals surface area contributed by atoms with Crippen molar-refractivity contribution in [2.24, 2.45) is 5.92 Å². The highest BCUT2D eigenvalue weighted by Gasteiger charge is 2.26. The molecule has 6 nitrogen and oxygen atoms in total. The van der Waals surface area contributed by atoms with E-state index in [1.807, 2.05) is 43.3 Å². The minimum atomic E-state index is -0.0371. The second-order valence-electron chi connectivity index (χ2n) is 11.6. The number of ketones is 2. The van der Waals surface area contributed by atoms with Crippen molar-refractivity contribution in [2.75, 3.05) is 5.32 Å². The summed E-state index contributed by atoms with van der Waals surface area (Å²) < 4.78 is 0. The summed E-state index contributed by atoms with van der Waals surface area (Å²) in [5, 5.41) is 4.32. The van der Waals surface area contributed by atoms with Gasteiger partial charge >= 0.3 is 0 Å². The fourth-order valence-corrected chi connectivity index (χ4v) is 5.46. The van der Waals surface area contributed by atoms with E-state index in [0.29, 0.717) is 34.9 Å². The molecule has 0 atom stereocenters. The Morgan fingerprint density at radius 1 is 0.947 bits per heavy atom. The van der Waals surface area contributed by atoms with Gasteiger partial charge in [0.15, 0.2) is 11.6 Å². The third-order valence-corrected chi connectivity index (χ3v) is 7.84. The Morgan fingerprint density at radius 2 is 1.66 bits per heavy atom. The average Bonchev–Trinajstić information content (AvgIpc) is 3.35. The molecule has 38 heavy (non-hydrogen) atoms. The highest BCUT2D eigenvalue weighted by atomic mass is 16.1. The number of carbonyl (C=O) groups excluding carboxylic acids is 2. The zero-order valence-corrected chi connectivity index (χ0v) is 22.7. The Morgan fingerprint density at radius 3 is 2.34 bits per heavy atom. The van der Waals surface area contributed by atoms with Gasteiger partial charge in [0.1, 0.15) is 17.8 Å². The van der Waals surface area contributed by atoms with Gasteiger partial charge in [-0.25, -0.2) is 9.97 Å². The zero-order chi connectivity index (χ0) is 26.9. The number of Topliss-reactive ketones (excluding diaryl/α,β-unsaturated/α-hetero) is 1. The second kappa shape index (κ2) is 10.5. The molecule has 1 aliphatic carbocycles. The molecule has 6 heteroatoms. The van der Waals surface area contributed by atoms with E-state index in [9.17, 15) is 9.59 Å². The monoisotopic (exact) mass is 508 g/mol. The maximum atomic E-state index is 13.4. The van der Waals surface area contributed by atoms with Crippen LogP contribution in [0.3, 0.4) is 0 Å². The fraction of sp³-hybridized carbons (Fsp3) is 0.375. The maximum absolute atomic E-state index is 13.4. The number of nitrogens with zero attached hydrogens (tertiary/aromatic N) is 2. The lowest BCUT2D eigenvalue weighted by molar-refractivity contribution is 0.0948. The number of hydrogen-bond donors (Lipinski definition) is 2. The topological polar surface area (TPSA) is 87.7 Å². The molecule has 5 rings (SSSR count). The average molecular weight is 509 g/mol. The number of aryl methyl sites for hydroxylation is 1. The van der Waals surface area contributed by atoms with Gasteiger partial charge in [0.25, 0.3) is 0 Å². The first-order chi connectivity index (χ1) is 18.2. The number of anilines is 1. The number of carbonyl (C=O) groups is 2. The van der Waals surface area contributed by atoms with Crippen molar-refractivity contribution in [2.45, 2.75) is 71.3 Å². The van der Waals surface area contributed by atoms with Gasteiger partial charge in [0, 0.05) is 29.8 Å². The van der Waals surface area contributed by atoms with Crippen molar-refractivity contribution >= 4 is 28.4 Å². The first-order valence-electron chi connectivity index (χ1n) is 13.5. The van der Waals surface area contributed by atoms with E-state index in [0.717, 1.165) is 42.2 Å². The Bertz CT molecular complexity index is 1460. The van der Waals surface area contributed by atoms with Gasteiger partial charge in [0.05, 0.1) is 10.9 Å². The predicted octanol–water partition coefficient (Wildman–Crippen LogP) is 7.04. The van der Waals surface area contributed by atoms with E-state index in [1.54, 1.807) is 6.20 Å². The molecule has 2 aromatic carbocycles. The van der Waals surface area contributed by atoms with Gasteiger partial charge in [-0.05, 0) is 55.1 Å². The molecule has 0 spiro atoms. The van der Waals surface area contributed by atoms with E-state index >= 15 is 0 Å². The molecular weight excluding hydrogens is 472 g/mol. The van der Waals surface area contributed by atoms with Crippen molar-refractivity contribution in [1.29, 1.82) is 0 Å². The Labute approximate surface area is 224 Å². The summed E-state index contributed by atoms with van der Waals surface area (Å²) in [5.41, 5.74) is 4.98. The van der Waals surface area contributed by atoms with Crippen LogP contribution in [0.15, 0.2) is 61.1 Å². The molecule has 2 heterocycles. The summed E-state index contributed by atoms with van der Waals surface area (Å²) in [7, 11) is 0. The second-order valence-corrected chi connectivity index (χ2v) is 11.6. The van der Waals surface area contributed by atoms with Crippen molar-refractivity contribution in [3.8, 4) is 0 Å². The largest absolute Gasteiger partial charge is 0.367 e. The van der Waals surface area contributed by atoms with Crippen LogP contribution in [0.4, 0.5) is 5.82 Å². The number of rotatable bonds is 7. The number of aromatic nitrogens is 3. The van der Waals surface area contributed by atoms with E-state index < -0.39 is 0 Å².